The molecule has 0 bridgehead atoms. The molecule has 5 N–H and O–H groups in total. The molecule has 8 nitrogen and oxygen atoms in total. The van der Waals surface area contributed by atoms with Crippen LogP contribution in [0.25, 0.3) is 0 Å². The van der Waals surface area contributed by atoms with Crippen molar-refractivity contribution in [3.8, 4) is 0 Å². The number of nitro benzene ring substituents is 1. The smallest absolute Gasteiger partial charge is 0.335 e. The second-order valence-electron chi connectivity index (χ2n) is 3.41. The zero-order valence-corrected chi connectivity index (χ0v) is 9.53. The summed E-state index contributed by atoms with van der Waals surface area (Å²) in [4.78, 5) is 20.3. The van der Waals surface area contributed by atoms with Gasteiger partial charge in [0, 0.05) is 16.7 Å². The van der Waals surface area contributed by atoms with Crippen molar-refractivity contribution >= 4 is 28.9 Å². The van der Waals surface area contributed by atoms with Gasteiger partial charge in [0.2, 0.25) is 0 Å². The molecule has 0 amide bonds. The van der Waals surface area contributed by atoms with E-state index in [4.69, 9.17) is 22.4 Å². The standard InChI is InChI=1S/C9H9ClN2O6/c10-3-1-4(7(13)8(14)9(15)16)6(11)5(2-3)12(17)18/h1-2,7-8,13-14H,11H2,(H,15,16). The lowest BCUT2D eigenvalue weighted by atomic mass is 10.0. The minimum Gasteiger partial charge on any atom is -0.479 e. The number of carboxylic acid groups (broad SMARTS) is 1. The minimum atomic E-state index is -2.16. The van der Waals surface area contributed by atoms with E-state index in [2.05, 4.69) is 0 Å². The van der Waals surface area contributed by atoms with Gasteiger partial charge in [-0.25, -0.2) is 4.79 Å². The van der Waals surface area contributed by atoms with E-state index >= 15 is 0 Å². The van der Waals surface area contributed by atoms with Gasteiger partial charge in [0.15, 0.2) is 6.10 Å². The van der Waals surface area contributed by atoms with Crippen LogP contribution in [0.4, 0.5) is 11.4 Å². The fourth-order valence-corrected chi connectivity index (χ4v) is 1.55. The number of rotatable bonds is 4. The lowest BCUT2D eigenvalue weighted by molar-refractivity contribution is -0.384. The summed E-state index contributed by atoms with van der Waals surface area (Å²) in [6.45, 7) is 0. The minimum absolute atomic E-state index is 0.109. The van der Waals surface area contributed by atoms with E-state index in [9.17, 15) is 25.1 Å². The largest absolute Gasteiger partial charge is 0.479 e. The van der Waals surface area contributed by atoms with Gasteiger partial charge >= 0.3 is 5.97 Å². The molecule has 0 heterocycles. The summed E-state index contributed by atoms with van der Waals surface area (Å²) in [5.74, 6) is -1.69. The molecule has 0 aliphatic carbocycles. The van der Waals surface area contributed by atoms with Crippen molar-refractivity contribution in [1.82, 2.24) is 0 Å². The Morgan fingerprint density at radius 2 is 2.00 bits per heavy atom. The highest BCUT2D eigenvalue weighted by Gasteiger charge is 2.30. The summed E-state index contributed by atoms with van der Waals surface area (Å²) in [7, 11) is 0. The average Bonchev–Trinajstić information content (AvgIpc) is 2.29. The first kappa shape index (κ1) is 14.2. The zero-order valence-electron chi connectivity index (χ0n) is 8.78. The van der Waals surface area contributed by atoms with E-state index < -0.39 is 34.5 Å². The highest BCUT2D eigenvalue weighted by atomic mass is 35.5. The summed E-state index contributed by atoms with van der Waals surface area (Å²) in [6.07, 6.45) is -4.08. The van der Waals surface area contributed by atoms with Crippen LogP contribution in [0.15, 0.2) is 12.1 Å². The number of carboxylic acids is 1. The highest BCUT2D eigenvalue weighted by Crippen LogP contribution is 2.34. The summed E-state index contributed by atoms with van der Waals surface area (Å²) < 4.78 is 0. The monoisotopic (exact) mass is 276 g/mol. The Labute approximate surface area is 105 Å². The van der Waals surface area contributed by atoms with Crippen LogP contribution in [0.1, 0.15) is 11.7 Å². The quantitative estimate of drug-likeness (QED) is 0.351. The first-order chi connectivity index (χ1) is 8.25. The molecule has 98 valence electrons. The maximum Gasteiger partial charge on any atom is 0.335 e. The molecule has 0 saturated carbocycles. The number of anilines is 1. The molecular weight excluding hydrogens is 268 g/mol. The fourth-order valence-electron chi connectivity index (χ4n) is 1.33. The number of benzene rings is 1. The van der Waals surface area contributed by atoms with Crippen LogP contribution in [0.2, 0.25) is 5.02 Å². The van der Waals surface area contributed by atoms with E-state index in [0.29, 0.717) is 0 Å². The fraction of sp³-hybridized carbons (Fsp3) is 0.222. The highest BCUT2D eigenvalue weighted by molar-refractivity contribution is 6.31. The van der Waals surface area contributed by atoms with Gasteiger partial charge in [-0.2, -0.15) is 0 Å². The van der Waals surface area contributed by atoms with Crippen molar-refractivity contribution in [3.05, 3.63) is 32.8 Å². The number of aliphatic carboxylic acids is 1. The van der Waals surface area contributed by atoms with Crippen LogP contribution in [-0.2, 0) is 4.79 Å². The molecule has 1 rings (SSSR count). The number of hydrogen-bond acceptors (Lipinski definition) is 6. The van der Waals surface area contributed by atoms with E-state index in [-0.39, 0.29) is 10.6 Å². The third-order valence-corrected chi connectivity index (χ3v) is 2.44. The second-order valence-corrected chi connectivity index (χ2v) is 3.85. The first-order valence-electron chi connectivity index (χ1n) is 4.58. The maximum absolute atomic E-state index is 10.7. The molecule has 1 aromatic carbocycles. The van der Waals surface area contributed by atoms with Gasteiger partial charge in [-0.15, -0.1) is 0 Å². The number of nitro groups is 1. The molecule has 0 saturated heterocycles. The van der Waals surface area contributed by atoms with E-state index in [1.54, 1.807) is 0 Å². The summed E-state index contributed by atoms with van der Waals surface area (Å²) in [5, 5.41) is 37.8. The number of aliphatic hydroxyl groups excluding tert-OH is 2. The van der Waals surface area contributed by atoms with Gasteiger partial charge in [0.05, 0.1) is 4.92 Å². The lowest BCUT2D eigenvalue weighted by Gasteiger charge is -2.16. The molecule has 9 heteroatoms. The Hall–Kier alpha value is -1.90. The van der Waals surface area contributed by atoms with Crippen molar-refractivity contribution < 1.29 is 25.0 Å². The molecule has 0 aromatic heterocycles. The summed E-state index contributed by atoms with van der Waals surface area (Å²) >= 11 is 5.59. The van der Waals surface area contributed by atoms with Crippen LogP contribution in [0, 0.1) is 10.1 Å². The van der Waals surface area contributed by atoms with Crippen molar-refractivity contribution in [1.29, 1.82) is 0 Å². The maximum atomic E-state index is 10.7. The van der Waals surface area contributed by atoms with Crippen molar-refractivity contribution in [2.24, 2.45) is 0 Å². The molecule has 0 spiro atoms. The third kappa shape index (κ3) is 2.67. The van der Waals surface area contributed by atoms with Crippen molar-refractivity contribution in [2.45, 2.75) is 12.2 Å². The van der Waals surface area contributed by atoms with E-state index in [0.717, 1.165) is 12.1 Å². The van der Waals surface area contributed by atoms with Crippen molar-refractivity contribution in [3.63, 3.8) is 0 Å². The molecule has 18 heavy (non-hydrogen) atoms. The Bertz CT molecular complexity index is 506. The molecule has 2 atom stereocenters. The Morgan fingerprint density at radius 1 is 1.44 bits per heavy atom. The SMILES string of the molecule is Nc1c(C(O)C(O)C(=O)O)cc(Cl)cc1[N+](=O)[O-]. The predicted molar refractivity (Wildman–Crippen MR) is 61.1 cm³/mol. The Morgan fingerprint density at radius 3 is 2.44 bits per heavy atom. The van der Waals surface area contributed by atoms with Gasteiger partial charge in [-0.3, -0.25) is 10.1 Å². The normalized spacial score (nSPS) is 13.9. The number of aliphatic hydroxyl groups is 2. The first-order valence-corrected chi connectivity index (χ1v) is 4.95. The number of nitrogens with zero attached hydrogens (tertiary/aromatic N) is 1. The Kier molecular flexibility index (Phi) is 4.07. The number of hydrogen-bond donors (Lipinski definition) is 4. The van der Waals surface area contributed by atoms with E-state index in [1.165, 1.54) is 0 Å². The molecule has 0 radical (unpaired) electrons. The van der Waals surface area contributed by atoms with Crippen molar-refractivity contribution in [2.75, 3.05) is 5.73 Å². The van der Waals surface area contributed by atoms with E-state index in [1.807, 2.05) is 0 Å². The van der Waals surface area contributed by atoms with Gasteiger partial charge in [-0.05, 0) is 6.07 Å². The number of nitrogen functional groups attached to an aromatic ring is 1. The third-order valence-electron chi connectivity index (χ3n) is 2.22. The van der Waals surface area contributed by atoms with Crippen LogP contribution >= 0.6 is 11.6 Å². The number of halogens is 1. The molecular formula is C9H9ClN2O6. The second kappa shape index (κ2) is 5.17. The van der Waals surface area contributed by atoms with Gasteiger partial charge in [0.1, 0.15) is 11.8 Å². The average molecular weight is 277 g/mol. The van der Waals surface area contributed by atoms with Crippen LogP contribution in [0.3, 0.4) is 0 Å². The topological polar surface area (TPSA) is 147 Å². The molecule has 0 aliphatic rings. The van der Waals surface area contributed by atoms with Crippen LogP contribution < -0.4 is 5.73 Å². The van der Waals surface area contributed by atoms with Crippen LogP contribution in [-0.4, -0.2) is 32.3 Å². The van der Waals surface area contributed by atoms with Crippen LogP contribution in [0.5, 0.6) is 0 Å². The summed E-state index contributed by atoms with van der Waals surface area (Å²) in [5.41, 5.74) is 4.09. The van der Waals surface area contributed by atoms with Gasteiger partial charge < -0.3 is 21.1 Å². The predicted octanol–water partition coefficient (Wildman–Crippen LogP) is 0.309. The zero-order chi connectivity index (χ0) is 14.0. The lowest BCUT2D eigenvalue weighted by Crippen LogP contribution is -2.28. The van der Waals surface area contributed by atoms with Gasteiger partial charge in [-0.1, -0.05) is 11.6 Å². The molecule has 2 unspecified atom stereocenters. The summed E-state index contributed by atoms with van der Waals surface area (Å²) in [6, 6.07) is 2.01. The molecule has 1 aromatic rings. The molecule has 0 aliphatic heterocycles. The number of carbonyl (C=O) groups is 1. The number of nitrogens with two attached hydrogens (primary N) is 1. The Balaban J connectivity index is 3.32. The molecule has 0 fully saturated rings. The van der Waals surface area contributed by atoms with Gasteiger partial charge in [0.25, 0.3) is 5.69 Å².